The molecule has 0 saturated carbocycles. The summed E-state index contributed by atoms with van der Waals surface area (Å²) in [5.41, 5.74) is 0. The first-order valence-corrected chi connectivity index (χ1v) is 7.62. The maximum atomic E-state index is 11.8. The second-order valence-corrected chi connectivity index (χ2v) is 6.03. The highest BCUT2D eigenvalue weighted by molar-refractivity contribution is 7.87. The van der Waals surface area contributed by atoms with Crippen LogP contribution < -0.4 is 15.2 Å². The van der Waals surface area contributed by atoms with Crippen molar-refractivity contribution in [1.82, 2.24) is 14.9 Å². The molecule has 1 aliphatic rings. The lowest BCUT2D eigenvalue weighted by Gasteiger charge is -2.32. The van der Waals surface area contributed by atoms with E-state index >= 15 is 0 Å². The van der Waals surface area contributed by atoms with Gasteiger partial charge in [0.25, 0.3) is 10.2 Å². The summed E-state index contributed by atoms with van der Waals surface area (Å²) in [7, 11) is -3.69. The van der Waals surface area contributed by atoms with Crippen LogP contribution in [0.5, 0.6) is 0 Å². The number of carbonyl (C=O) groups is 2. The molecule has 19 heavy (non-hydrogen) atoms. The highest BCUT2D eigenvalue weighted by atomic mass is 32.2. The Morgan fingerprint density at radius 2 is 2.11 bits per heavy atom. The topological polar surface area (TPSA) is 122 Å². The molecule has 2 amide bonds. The van der Waals surface area contributed by atoms with Gasteiger partial charge < -0.3 is 10.2 Å². The van der Waals surface area contributed by atoms with Gasteiger partial charge in [-0.15, -0.1) is 0 Å². The minimum Gasteiger partial charge on any atom is -0.347 e. The molecule has 1 atom stereocenters. The van der Waals surface area contributed by atoms with Gasteiger partial charge in [0.15, 0.2) is 0 Å². The van der Waals surface area contributed by atoms with Crippen molar-refractivity contribution >= 4 is 22.0 Å². The summed E-state index contributed by atoms with van der Waals surface area (Å²) in [6.07, 6.45) is 1.65. The van der Waals surface area contributed by atoms with Crippen molar-refractivity contribution in [1.29, 1.82) is 0 Å². The van der Waals surface area contributed by atoms with Gasteiger partial charge in [0.05, 0.1) is 6.54 Å². The molecule has 4 N–H and O–H groups in total. The van der Waals surface area contributed by atoms with Crippen molar-refractivity contribution in [3.8, 4) is 0 Å². The molecule has 0 aromatic rings. The van der Waals surface area contributed by atoms with E-state index in [1.165, 1.54) is 6.92 Å². The Bertz CT molecular complexity index is 437. The lowest BCUT2D eigenvalue weighted by molar-refractivity contribution is -0.134. The monoisotopic (exact) mass is 292 g/mol. The second kappa shape index (κ2) is 6.83. The molecule has 0 aromatic heterocycles. The first kappa shape index (κ1) is 15.9. The third-order valence-electron chi connectivity index (χ3n) is 2.93. The van der Waals surface area contributed by atoms with Crippen LogP contribution in [0.1, 0.15) is 19.8 Å². The number of hydrogen-bond donors (Lipinski definition) is 3. The third kappa shape index (κ3) is 6.50. The van der Waals surface area contributed by atoms with Gasteiger partial charge in [0, 0.05) is 26.6 Å². The lowest BCUT2D eigenvalue weighted by Crippen LogP contribution is -2.47. The molecular formula is C10H20N4O4S. The molecule has 0 aliphatic carbocycles. The normalized spacial score (nSPS) is 20.1. The smallest absolute Gasteiger partial charge is 0.274 e. The molecule has 1 heterocycles. The van der Waals surface area contributed by atoms with Gasteiger partial charge in [-0.05, 0) is 18.8 Å². The Kier molecular flexibility index (Phi) is 5.70. The summed E-state index contributed by atoms with van der Waals surface area (Å²) in [5.74, 6) is -0.360. The molecule has 0 aromatic carbocycles. The van der Waals surface area contributed by atoms with Crippen LogP contribution in [0.4, 0.5) is 0 Å². The predicted molar refractivity (Wildman–Crippen MR) is 69.1 cm³/mol. The number of piperidine rings is 1. The Morgan fingerprint density at radius 3 is 2.68 bits per heavy atom. The van der Waals surface area contributed by atoms with E-state index in [1.54, 1.807) is 4.90 Å². The Hall–Kier alpha value is -1.19. The average Bonchev–Trinajstić information content (AvgIpc) is 2.33. The number of rotatable bonds is 5. The molecule has 110 valence electrons. The molecule has 1 rings (SSSR count). The first-order chi connectivity index (χ1) is 8.78. The zero-order chi connectivity index (χ0) is 14.5. The zero-order valence-electron chi connectivity index (χ0n) is 10.9. The molecule has 0 bridgehead atoms. The number of likely N-dealkylation sites (tertiary alicyclic amines) is 1. The van der Waals surface area contributed by atoms with Crippen LogP contribution >= 0.6 is 0 Å². The van der Waals surface area contributed by atoms with Crippen LogP contribution in [0.25, 0.3) is 0 Å². The maximum Gasteiger partial charge on any atom is 0.274 e. The number of nitrogens with one attached hydrogen (secondary N) is 2. The Morgan fingerprint density at radius 1 is 1.42 bits per heavy atom. The van der Waals surface area contributed by atoms with Gasteiger partial charge in [-0.2, -0.15) is 8.42 Å². The lowest BCUT2D eigenvalue weighted by atomic mass is 9.98. The highest BCUT2D eigenvalue weighted by Gasteiger charge is 2.24. The first-order valence-electron chi connectivity index (χ1n) is 6.07. The molecule has 1 saturated heterocycles. The maximum absolute atomic E-state index is 11.8. The van der Waals surface area contributed by atoms with Crippen molar-refractivity contribution in [3.63, 3.8) is 0 Å². The summed E-state index contributed by atoms with van der Waals surface area (Å²) in [6, 6.07) is 0. The third-order valence-corrected chi connectivity index (χ3v) is 3.50. The van der Waals surface area contributed by atoms with E-state index in [0.29, 0.717) is 13.1 Å². The van der Waals surface area contributed by atoms with Crippen LogP contribution in [0.2, 0.25) is 0 Å². The van der Waals surface area contributed by atoms with Crippen molar-refractivity contribution in [2.24, 2.45) is 11.1 Å². The fraction of sp³-hybridized carbons (Fsp3) is 0.800. The Labute approximate surface area is 112 Å². The molecule has 1 unspecified atom stereocenters. The van der Waals surface area contributed by atoms with Crippen LogP contribution in [0, 0.1) is 5.92 Å². The van der Waals surface area contributed by atoms with Gasteiger partial charge in [0.1, 0.15) is 0 Å². The van der Waals surface area contributed by atoms with E-state index < -0.39 is 10.2 Å². The number of amides is 2. The highest BCUT2D eigenvalue weighted by Crippen LogP contribution is 2.15. The largest absolute Gasteiger partial charge is 0.347 e. The molecular weight excluding hydrogens is 272 g/mol. The molecule has 0 radical (unpaired) electrons. The summed E-state index contributed by atoms with van der Waals surface area (Å²) >= 11 is 0. The van der Waals surface area contributed by atoms with Crippen molar-refractivity contribution in [3.05, 3.63) is 0 Å². The van der Waals surface area contributed by atoms with Crippen LogP contribution in [0.3, 0.4) is 0 Å². The van der Waals surface area contributed by atoms with Crippen LogP contribution in [0.15, 0.2) is 0 Å². The van der Waals surface area contributed by atoms with Crippen molar-refractivity contribution < 1.29 is 18.0 Å². The fourth-order valence-electron chi connectivity index (χ4n) is 2.00. The van der Waals surface area contributed by atoms with E-state index in [2.05, 4.69) is 10.0 Å². The summed E-state index contributed by atoms with van der Waals surface area (Å²) in [4.78, 5) is 24.2. The number of hydrogen-bond acceptors (Lipinski definition) is 4. The fourth-order valence-corrected chi connectivity index (χ4v) is 2.47. The quantitative estimate of drug-likeness (QED) is 0.551. The van der Waals surface area contributed by atoms with E-state index in [4.69, 9.17) is 5.14 Å². The minimum atomic E-state index is -3.69. The van der Waals surface area contributed by atoms with E-state index in [-0.39, 0.29) is 30.8 Å². The number of nitrogens with two attached hydrogens (primary N) is 1. The van der Waals surface area contributed by atoms with Crippen LogP contribution in [-0.4, -0.2) is 51.3 Å². The van der Waals surface area contributed by atoms with E-state index in [1.807, 2.05) is 0 Å². The van der Waals surface area contributed by atoms with Gasteiger partial charge >= 0.3 is 0 Å². The molecule has 1 fully saturated rings. The molecule has 0 spiro atoms. The van der Waals surface area contributed by atoms with Crippen molar-refractivity contribution in [2.75, 3.05) is 26.2 Å². The summed E-state index contributed by atoms with van der Waals surface area (Å²) in [6.45, 7) is 2.65. The Balaban J connectivity index is 2.41. The molecule has 1 aliphatic heterocycles. The second-order valence-electron chi connectivity index (χ2n) is 4.65. The van der Waals surface area contributed by atoms with Gasteiger partial charge in [-0.25, -0.2) is 9.86 Å². The summed E-state index contributed by atoms with van der Waals surface area (Å²) < 4.78 is 23.9. The SMILES string of the molecule is CC(=O)NCC(=O)N1CCCC(CNS(N)(=O)=O)C1. The van der Waals surface area contributed by atoms with Gasteiger partial charge in [-0.1, -0.05) is 0 Å². The predicted octanol–water partition coefficient (Wildman–Crippen LogP) is -1.85. The molecule has 8 nitrogen and oxygen atoms in total. The minimum absolute atomic E-state index is 0.0231. The van der Waals surface area contributed by atoms with Crippen molar-refractivity contribution in [2.45, 2.75) is 19.8 Å². The average molecular weight is 292 g/mol. The van der Waals surface area contributed by atoms with Gasteiger partial charge in [0.2, 0.25) is 11.8 Å². The van der Waals surface area contributed by atoms with Crippen LogP contribution in [-0.2, 0) is 19.8 Å². The summed E-state index contributed by atoms with van der Waals surface area (Å²) in [5, 5.41) is 7.31. The standard InChI is InChI=1S/C10H20N4O4S/c1-8(15)12-6-10(16)14-4-2-3-9(7-14)5-13-19(11,17)18/h9,13H,2-7H2,1H3,(H,12,15)(H2,11,17,18). The number of carbonyl (C=O) groups excluding carboxylic acids is 2. The van der Waals surface area contributed by atoms with Gasteiger partial charge in [-0.3, -0.25) is 9.59 Å². The molecule has 9 heteroatoms. The van der Waals surface area contributed by atoms with E-state index in [0.717, 1.165) is 12.8 Å². The van der Waals surface area contributed by atoms with E-state index in [9.17, 15) is 18.0 Å². The number of nitrogens with zero attached hydrogens (tertiary/aromatic N) is 1. The zero-order valence-corrected chi connectivity index (χ0v) is 11.7.